The lowest BCUT2D eigenvalue weighted by molar-refractivity contribution is 0.270. The Kier molecular flexibility index (Phi) is 5.05. The largest absolute Gasteiger partial charge is 0.495 e. The van der Waals surface area contributed by atoms with Crippen LogP contribution in [0.2, 0.25) is 5.02 Å². The SMILES string of the molecule is COc1ccc(Cl)cc1S(=O)(=O)N1CCNCC1c1cccnc1. The predicted molar refractivity (Wildman–Crippen MR) is 91.7 cm³/mol. The van der Waals surface area contributed by atoms with E-state index < -0.39 is 10.0 Å². The number of piperazine rings is 1. The summed E-state index contributed by atoms with van der Waals surface area (Å²) in [6.45, 7) is 1.46. The molecule has 1 saturated heterocycles. The number of rotatable bonds is 4. The van der Waals surface area contributed by atoms with E-state index in [1.165, 1.54) is 17.5 Å². The minimum Gasteiger partial charge on any atom is -0.495 e. The van der Waals surface area contributed by atoms with Crippen molar-refractivity contribution in [3.05, 3.63) is 53.3 Å². The van der Waals surface area contributed by atoms with Gasteiger partial charge in [-0.2, -0.15) is 4.31 Å². The van der Waals surface area contributed by atoms with Gasteiger partial charge in [0.1, 0.15) is 10.6 Å². The summed E-state index contributed by atoms with van der Waals surface area (Å²) in [4.78, 5) is 4.18. The van der Waals surface area contributed by atoms with Gasteiger partial charge in [-0.3, -0.25) is 4.98 Å². The van der Waals surface area contributed by atoms with Gasteiger partial charge in [0, 0.05) is 37.1 Å². The Bertz CT molecular complexity index is 815. The zero-order valence-electron chi connectivity index (χ0n) is 13.1. The lowest BCUT2D eigenvalue weighted by Gasteiger charge is -2.35. The molecule has 0 bridgehead atoms. The first-order chi connectivity index (χ1) is 11.5. The molecule has 1 aliphatic heterocycles. The van der Waals surface area contributed by atoms with Gasteiger partial charge >= 0.3 is 0 Å². The molecule has 1 aliphatic rings. The third-order valence-electron chi connectivity index (χ3n) is 3.98. The maximum Gasteiger partial charge on any atom is 0.247 e. The van der Waals surface area contributed by atoms with Crippen molar-refractivity contribution in [2.24, 2.45) is 0 Å². The van der Waals surface area contributed by atoms with Gasteiger partial charge in [-0.25, -0.2) is 8.42 Å². The predicted octanol–water partition coefficient (Wildman–Crippen LogP) is 2.08. The normalized spacial score (nSPS) is 19.2. The highest BCUT2D eigenvalue weighted by atomic mass is 35.5. The summed E-state index contributed by atoms with van der Waals surface area (Å²) in [5.41, 5.74) is 0.842. The van der Waals surface area contributed by atoms with Crippen molar-refractivity contribution in [3.63, 3.8) is 0 Å². The highest BCUT2D eigenvalue weighted by Gasteiger charge is 2.36. The van der Waals surface area contributed by atoms with Crippen LogP contribution in [0.3, 0.4) is 0 Å². The quantitative estimate of drug-likeness (QED) is 0.895. The van der Waals surface area contributed by atoms with E-state index in [2.05, 4.69) is 10.3 Å². The number of benzene rings is 1. The van der Waals surface area contributed by atoms with Crippen LogP contribution in [0.15, 0.2) is 47.6 Å². The number of halogens is 1. The summed E-state index contributed by atoms with van der Waals surface area (Å²) in [7, 11) is -2.33. The molecule has 1 aromatic heterocycles. The molecule has 2 aromatic rings. The fourth-order valence-electron chi connectivity index (χ4n) is 2.81. The molecule has 1 N–H and O–H groups in total. The van der Waals surface area contributed by atoms with E-state index in [0.29, 0.717) is 24.7 Å². The summed E-state index contributed by atoms with van der Waals surface area (Å²) in [5, 5.41) is 3.59. The molecule has 1 unspecified atom stereocenters. The first kappa shape index (κ1) is 17.2. The van der Waals surface area contributed by atoms with E-state index in [9.17, 15) is 8.42 Å². The van der Waals surface area contributed by atoms with Crippen molar-refractivity contribution in [2.75, 3.05) is 26.7 Å². The molecular formula is C16H18ClN3O3S. The monoisotopic (exact) mass is 367 g/mol. The van der Waals surface area contributed by atoms with E-state index in [0.717, 1.165) is 5.56 Å². The number of nitrogens with one attached hydrogen (secondary N) is 1. The molecule has 128 valence electrons. The summed E-state index contributed by atoms with van der Waals surface area (Å²) in [5.74, 6) is 0.280. The van der Waals surface area contributed by atoms with Crippen LogP contribution in [0, 0.1) is 0 Å². The second-order valence-corrected chi connectivity index (χ2v) is 7.71. The number of nitrogens with zero attached hydrogens (tertiary/aromatic N) is 2. The summed E-state index contributed by atoms with van der Waals surface area (Å²) >= 11 is 6.01. The van der Waals surface area contributed by atoms with E-state index in [1.54, 1.807) is 30.6 Å². The van der Waals surface area contributed by atoms with Gasteiger partial charge in [0.2, 0.25) is 10.0 Å². The molecule has 0 spiro atoms. The number of aromatic nitrogens is 1. The standard InChI is InChI=1S/C16H18ClN3O3S/c1-23-15-5-4-13(17)9-16(15)24(21,22)20-8-7-19-11-14(20)12-3-2-6-18-10-12/h2-6,9-10,14,19H,7-8,11H2,1H3. The van der Waals surface area contributed by atoms with Crippen molar-refractivity contribution < 1.29 is 13.2 Å². The minimum atomic E-state index is -3.77. The smallest absolute Gasteiger partial charge is 0.247 e. The number of hydrogen-bond acceptors (Lipinski definition) is 5. The molecule has 2 heterocycles. The number of methoxy groups -OCH3 is 1. The van der Waals surface area contributed by atoms with Crippen molar-refractivity contribution in [3.8, 4) is 5.75 Å². The molecule has 1 aromatic carbocycles. The van der Waals surface area contributed by atoms with Crippen LogP contribution in [0.5, 0.6) is 5.75 Å². The van der Waals surface area contributed by atoms with Crippen LogP contribution in [0.4, 0.5) is 0 Å². The minimum absolute atomic E-state index is 0.0771. The molecule has 0 radical (unpaired) electrons. The van der Waals surface area contributed by atoms with Crippen molar-refractivity contribution in [1.29, 1.82) is 0 Å². The highest BCUT2D eigenvalue weighted by molar-refractivity contribution is 7.89. The number of pyridine rings is 1. The second kappa shape index (κ2) is 7.06. The molecule has 24 heavy (non-hydrogen) atoms. The molecule has 0 amide bonds. The molecular weight excluding hydrogens is 350 g/mol. The number of hydrogen-bond donors (Lipinski definition) is 1. The van der Waals surface area contributed by atoms with Crippen LogP contribution >= 0.6 is 11.6 Å². The van der Waals surface area contributed by atoms with E-state index in [4.69, 9.17) is 16.3 Å². The Morgan fingerprint density at radius 3 is 2.92 bits per heavy atom. The van der Waals surface area contributed by atoms with Crippen LogP contribution < -0.4 is 10.1 Å². The fraction of sp³-hybridized carbons (Fsp3) is 0.312. The number of sulfonamides is 1. The molecule has 6 nitrogen and oxygen atoms in total. The zero-order chi connectivity index (χ0) is 17.2. The van der Waals surface area contributed by atoms with Gasteiger partial charge in [-0.15, -0.1) is 0 Å². The molecule has 8 heteroatoms. The Labute approximate surface area is 146 Å². The summed E-state index contributed by atoms with van der Waals surface area (Å²) < 4.78 is 33.2. The first-order valence-corrected chi connectivity index (χ1v) is 9.32. The van der Waals surface area contributed by atoms with Gasteiger partial charge in [0.05, 0.1) is 13.2 Å². The maximum atomic E-state index is 13.2. The topological polar surface area (TPSA) is 71.5 Å². The average Bonchev–Trinajstić information content (AvgIpc) is 2.62. The van der Waals surface area contributed by atoms with E-state index >= 15 is 0 Å². The van der Waals surface area contributed by atoms with Gasteiger partial charge in [0.25, 0.3) is 0 Å². The zero-order valence-corrected chi connectivity index (χ0v) is 14.7. The van der Waals surface area contributed by atoms with Crippen LogP contribution in [0.25, 0.3) is 0 Å². The second-order valence-electron chi connectivity index (χ2n) is 5.42. The van der Waals surface area contributed by atoms with Crippen LogP contribution in [-0.4, -0.2) is 44.5 Å². The lowest BCUT2D eigenvalue weighted by Crippen LogP contribution is -2.48. The molecule has 0 saturated carbocycles. The molecule has 1 fully saturated rings. The fourth-order valence-corrected chi connectivity index (χ4v) is 4.84. The van der Waals surface area contributed by atoms with E-state index in [-0.39, 0.29) is 16.7 Å². The van der Waals surface area contributed by atoms with Gasteiger partial charge in [0.15, 0.2) is 0 Å². The third kappa shape index (κ3) is 3.25. The molecule has 0 aliphatic carbocycles. The summed E-state index contributed by atoms with van der Waals surface area (Å²) in [6, 6.07) is 7.95. The molecule has 3 rings (SSSR count). The third-order valence-corrected chi connectivity index (χ3v) is 6.14. The Balaban J connectivity index is 2.06. The Hall–Kier alpha value is -1.67. The first-order valence-electron chi connectivity index (χ1n) is 7.50. The van der Waals surface area contributed by atoms with Crippen LogP contribution in [-0.2, 0) is 10.0 Å². The maximum absolute atomic E-state index is 13.2. The average molecular weight is 368 g/mol. The van der Waals surface area contributed by atoms with E-state index in [1.807, 2.05) is 6.07 Å². The summed E-state index contributed by atoms with van der Waals surface area (Å²) in [6.07, 6.45) is 3.36. The van der Waals surface area contributed by atoms with Gasteiger partial charge in [-0.1, -0.05) is 17.7 Å². The van der Waals surface area contributed by atoms with Crippen LogP contribution in [0.1, 0.15) is 11.6 Å². The van der Waals surface area contributed by atoms with Crippen molar-refractivity contribution in [2.45, 2.75) is 10.9 Å². The lowest BCUT2D eigenvalue weighted by atomic mass is 10.1. The van der Waals surface area contributed by atoms with Crippen molar-refractivity contribution >= 4 is 21.6 Å². The van der Waals surface area contributed by atoms with Gasteiger partial charge < -0.3 is 10.1 Å². The Morgan fingerprint density at radius 2 is 2.21 bits per heavy atom. The Morgan fingerprint density at radius 1 is 1.38 bits per heavy atom. The molecule has 1 atom stereocenters. The highest BCUT2D eigenvalue weighted by Crippen LogP contribution is 2.34. The van der Waals surface area contributed by atoms with Gasteiger partial charge in [-0.05, 0) is 29.8 Å². The van der Waals surface area contributed by atoms with Crippen molar-refractivity contribution in [1.82, 2.24) is 14.6 Å². The number of ether oxygens (including phenoxy) is 1.